The number of hydrogen-bond donors (Lipinski definition) is 0. The van der Waals surface area contributed by atoms with Crippen molar-refractivity contribution in [2.75, 3.05) is 13.1 Å². The molecular formula is C22H24N6S. The molecule has 0 radical (unpaired) electrons. The predicted molar refractivity (Wildman–Crippen MR) is 115 cm³/mol. The average Bonchev–Trinajstić information content (AvgIpc) is 3.48. The Kier molecular flexibility index (Phi) is 5.32. The molecule has 0 N–H and O–H groups in total. The molecule has 0 spiro atoms. The second-order valence-electron chi connectivity index (χ2n) is 7.44. The maximum Gasteiger partial charge on any atom is 0.191 e. The van der Waals surface area contributed by atoms with Gasteiger partial charge in [-0.1, -0.05) is 48.2 Å². The lowest BCUT2D eigenvalue weighted by atomic mass is 10.2. The van der Waals surface area contributed by atoms with Crippen LogP contribution in [-0.4, -0.2) is 42.1 Å². The fourth-order valence-electron chi connectivity index (χ4n) is 3.80. The van der Waals surface area contributed by atoms with Crippen LogP contribution in [0.5, 0.6) is 0 Å². The van der Waals surface area contributed by atoms with Gasteiger partial charge in [-0.05, 0) is 43.6 Å². The quantitative estimate of drug-likeness (QED) is 0.438. The molecule has 1 aliphatic rings. The van der Waals surface area contributed by atoms with E-state index in [9.17, 15) is 0 Å². The van der Waals surface area contributed by atoms with Crippen LogP contribution in [-0.2, 0) is 18.8 Å². The number of pyridine rings is 1. The molecule has 1 fully saturated rings. The van der Waals surface area contributed by atoms with Gasteiger partial charge in [-0.25, -0.2) is 4.98 Å². The van der Waals surface area contributed by atoms with Gasteiger partial charge >= 0.3 is 0 Å². The second-order valence-corrected chi connectivity index (χ2v) is 8.38. The lowest BCUT2D eigenvalue weighted by Crippen LogP contribution is -2.21. The minimum atomic E-state index is 0.776. The number of fused-ring (bicyclic) bond motifs is 1. The Labute approximate surface area is 174 Å². The maximum atomic E-state index is 4.71. The van der Waals surface area contributed by atoms with Crippen molar-refractivity contribution in [3.63, 3.8) is 0 Å². The average molecular weight is 405 g/mol. The highest BCUT2D eigenvalue weighted by Crippen LogP contribution is 2.24. The summed E-state index contributed by atoms with van der Waals surface area (Å²) in [5.74, 6) is 1.83. The first-order valence-electron chi connectivity index (χ1n) is 10.1. The van der Waals surface area contributed by atoms with Gasteiger partial charge in [-0.2, -0.15) is 0 Å². The molecule has 148 valence electrons. The maximum absolute atomic E-state index is 4.71. The molecule has 1 aliphatic heterocycles. The first-order chi connectivity index (χ1) is 14.3. The van der Waals surface area contributed by atoms with Crippen LogP contribution in [0.2, 0.25) is 0 Å². The van der Waals surface area contributed by atoms with Gasteiger partial charge in [-0.15, -0.1) is 10.2 Å². The smallest absolute Gasteiger partial charge is 0.191 e. The molecule has 3 aromatic heterocycles. The third-order valence-corrected chi connectivity index (χ3v) is 6.30. The van der Waals surface area contributed by atoms with Crippen LogP contribution in [0.4, 0.5) is 0 Å². The standard InChI is InChI=1S/C22H24N6S/c1-2-8-18(9-3-1)14-28-21(16-26-11-6-7-12-26)24-25-22(28)29-17-19-15-27-13-5-4-10-20(27)23-19/h1-5,8-10,13,15H,6-7,11-12,14,16-17H2. The van der Waals surface area contributed by atoms with E-state index in [0.717, 1.165) is 54.3 Å². The minimum absolute atomic E-state index is 0.776. The Bertz CT molecular complexity index is 1050. The van der Waals surface area contributed by atoms with Crippen molar-refractivity contribution in [1.29, 1.82) is 0 Å². The van der Waals surface area contributed by atoms with E-state index in [-0.39, 0.29) is 0 Å². The molecule has 1 saturated heterocycles. The third kappa shape index (κ3) is 4.21. The van der Waals surface area contributed by atoms with Crippen LogP contribution in [0, 0.1) is 0 Å². The van der Waals surface area contributed by atoms with Crippen molar-refractivity contribution in [3.05, 3.63) is 78.0 Å². The monoisotopic (exact) mass is 404 g/mol. The fraction of sp³-hybridized carbons (Fsp3) is 0.318. The highest BCUT2D eigenvalue weighted by Gasteiger charge is 2.19. The molecule has 6 nitrogen and oxygen atoms in total. The third-order valence-electron chi connectivity index (χ3n) is 5.30. The summed E-state index contributed by atoms with van der Waals surface area (Å²) >= 11 is 1.71. The van der Waals surface area contributed by atoms with Gasteiger partial charge < -0.3 is 8.97 Å². The lowest BCUT2D eigenvalue weighted by molar-refractivity contribution is 0.316. The Balaban J connectivity index is 1.37. The molecule has 0 unspecified atom stereocenters. The molecule has 4 heterocycles. The number of hydrogen-bond acceptors (Lipinski definition) is 5. The number of likely N-dealkylation sites (tertiary alicyclic amines) is 1. The Hall–Kier alpha value is -2.64. The van der Waals surface area contributed by atoms with Gasteiger partial charge in [0.1, 0.15) is 11.5 Å². The van der Waals surface area contributed by atoms with Crippen LogP contribution < -0.4 is 0 Å². The number of nitrogens with zero attached hydrogens (tertiary/aromatic N) is 6. The normalized spacial score (nSPS) is 14.8. The van der Waals surface area contributed by atoms with E-state index in [1.807, 2.05) is 24.4 Å². The zero-order valence-electron chi connectivity index (χ0n) is 16.3. The summed E-state index contributed by atoms with van der Waals surface area (Å²) in [5.41, 5.74) is 3.30. The van der Waals surface area contributed by atoms with Crippen molar-refractivity contribution in [3.8, 4) is 0 Å². The van der Waals surface area contributed by atoms with Crippen molar-refractivity contribution in [2.45, 2.75) is 36.8 Å². The lowest BCUT2D eigenvalue weighted by Gasteiger charge is -2.16. The molecule has 5 rings (SSSR count). The van der Waals surface area contributed by atoms with Crippen LogP contribution in [0.15, 0.2) is 66.1 Å². The topological polar surface area (TPSA) is 51.2 Å². The molecule has 0 bridgehead atoms. The number of rotatable bonds is 7. The Morgan fingerprint density at radius 1 is 0.897 bits per heavy atom. The summed E-state index contributed by atoms with van der Waals surface area (Å²) in [6.07, 6.45) is 6.68. The van der Waals surface area contributed by atoms with E-state index >= 15 is 0 Å². The van der Waals surface area contributed by atoms with Gasteiger partial charge in [0, 0.05) is 18.1 Å². The molecule has 0 saturated carbocycles. The van der Waals surface area contributed by atoms with Gasteiger partial charge in [-0.3, -0.25) is 4.90 Å². The Morgan fingerprint density at radius 2 is 1.72 bits per heavy atom. The first kappa shape index (κ1) is 18.4. The molecule has 0 aliphatic carbocycles. The molecule has 7 heteroatoms. The number of thioether (sulfide) groups is 1. The fourth-order valence-corrected chi connectivity index (χ4v) is 4.64. The highest BCUT2D eigenvalue weighted by atomic mass is 32.2. The van der Waals surface area contributed by atoms with Crippen molar-refractivity contribution < 1.29 is 0 Å². The van der Waals surface area contributed by atoms with Crippen molar-refractivity contribution in [2.24, 2.45) is 0 Å². The summed E-state index contributed by atoms with van der Waals surface area (Å²) in [6, 6.07) is 16.6. The minimum Gasteiger partial charge on any atom is -0.307 e. The molecule has 0 amide bonds. The molecule has 4 aromatic rings. The van der Waals surface area contributed by atoms with Crippen LogP contribution in [0.25, 0.3) is 5.65 Å². The van der Waals surface area contributed by atoms with Gasteiger partial charge in [0.2, 0.25) is 0 Å². The van der Waals surface area contributed by atoms with Crippen LogP contribution in [0.3, 0.4) is 0 Å². The van der Waals surface area contributed by atoms with Crippen LogP contribution >= 0.6 is 11.8 Å². The number of imidazole rings is 1. The predicted octanol–water partition coefficient (Wildman–Crippen LogP) is 3.86. The van der Waals surface area contributed by atoms with E-state index in [1.54, 1.807) is 11.8 Å². The summed E-state index contributed by atoms with van der Waals surface area (Å²) in [4.78, 5) is 7.18. The van der Waals surface area contributed by atoms with Crippen LogP contribution in [0.1, 0.15) is 29.9 Å². The summed E-state index contributed by atoms with van der Waals surface area (Å²) in [7, 11) is 0. The van der Waals surface area contributed by atoms with Gasteiger partial charge in [0.15, 0.2) is 5.16 Å². The van der Waals surface area contributed by atoms with Gasteiger partial charge in [0.05, 0.1) is 18.8 Å². The zero-order valence-corrected chi connectivity index (χ0v) is 17.1. The summed E-state index contributed by atoms with van der Waals surface area (Å²) in [5, 5.41) is 10.1. The largest absolute Gasteiger partial charge is 0.307 e. The highest BCUT2D eigenvalue weighted by molar-refractivity contribution is 7.98. The SMILES string of the molecule is c1ccc(Cn2c(CN3CCCC3)nnc2SCc2cn3ccccc3n2)cc1. The molecular weight excluding hydrogens is 380 g/mol. The van der Waals surface area contributed by atoms with Crippen molar-refractivity contribution in [1.82, 2.24) is 29.0 Å². The second kappa shape index (κ2) is 8.39. The zero-order chi connectivity index (χ0) is 19.5. The van der Waals surface area contributed by atoms with E-state index in [0.29, 0.717) is 0 Å². The molecule has 29 heavy (non-hydrogen) atoms. The molecule has 0 atom stereocenters. The van der Waals surface area contributed by atoms with E-state index in [4.69, 9.17) is 4.98 Å². The van der Waals surface area contributed by atoms with E-state index in [1.165, 1.54) is 18.4 Å². The number of benzene rings is 1. The summed E-state index contributed by atoms with van der Waals surface area (Å²) < 4.78 is 4.33. The molecule has 1 aromatic carbocycles. The van der Waals surface area contributed by atoms with E-state index < -0.39 is 0 Å². The summed E-state index contributed by atoms with van der Waals surface area (Å²) in [6.45, 7) is 3.98. The van der Waals surface area contributed by atoms with Crippen molar-refractivity contribution >= 4 is 17.4 Å². The Morgan fingerprint density at radius 3 is 2.55 bits per heavy atom. The van der Waals surface area contributed by atoms with Gasteiger partial charge in [0.25, 0.3) is 0 Å². The first-order valence-corrected chi connectivity index (χ1v) is 11.1. The number of aromatic nitrogens is 5. The van der Waals surface area contributed by atoms with E-state index in [2.05, 4.69) is 60.6 Å².